The van der Waals surface area contributed by atoms with Crippen molar-refractivity contribution in [1.82, 2.24) is 20.0 Å². The van der Waals surface area contributed by atoms with Crippen molar-refractivity contribution in [3.63, 3.8) is 0 Å². The maximum absolute atomic E-state index is 12.6. The molecular formula is C20H24N4O2. The van der Waals surface area contributed by atoms with Crippen LogP contribution < -0.4 is 0 Å². The minimum Gasteiger partial charge on any atom is -0.361 e. The van der Waals surface area contributed by atoms with Gasteiger partial charge in [-0.25, -0.2) is 4.98 Å². The average Bonchev–Trinajstić information content (AvgIpc) is 3.23. The molecule has 3 heterocycles. The number of benzene rings is 1. The van der Waals surface area contributed by atoms with Gasteiger partial charge in [-0.2, -0.15) is 0 Å². The molecule has 1 aliphatic heterocycles. The first-order chi connectivity index (χ1) is 12.6. The van der Waals surface area contributed by atoms with E-state index in [1.54, 1.807) is 0 Å². The largest absolute Gasteiger partial charge is 0.361 e. The number of aromatic nitrogens is 3. The predicted molar refractivity (Wildman–Crippen MR) is 98.9 cm³/mol. The van der Waals surface area contributed by atoms with Gasteiger partial charge in [0.1, 0.15) is 11.6 Å². The number of imidazole rings is 1. The number of piperidine rings is 1. The number of fused-ring (bicyclic) bond motifs is 1. The van der Waals surface area contributed by atoms with Crippen LogP contribution in [0.3, 0.4) is 0 Å². The molecule has 1 aromatic carbocycles. The summed E-state index contributed by atoms with van der Waals surface area (Å²) in [6.07, 6.45) is 3.12. The second-order valence-electron chi connectivity index (χ2n) is 7.10. The number of nitrogens with one attached hydrogen (secondary N) is 1. The van der Waals surface area contributed by atoms with Crippen LogP contribution in [-0.2, 0) is 11.2 Å². The Balaban J connectivity index is 1.33. The minimum absolute atomic E-state index is 0.216. The van der Waals surface area contributed by atoms with E-state index in [4.69, 9.17) is 9.51 Å². The lowest BCUT2D eigenvalue weighted by atomic mass is 9.95. The van der Waals surface area contributed by atoms with Crippen molar-refractivity contribution in [2.24, 2.45) is 0 Å². The van der Waals surface area contributed by atoms with Crippen molar-refractivity contribution in [2.75, 3.05) is 13.1 Å². The maximum Gasteiger partial charge on any atom is 0.222 e. The van der Waals surface area contributed by atoms with E-state index in [-0.39, 0.29) is 5.91 Å². The zero-order valence-electron chi connectivity index (χ0n) is 15.3. The Hall–Kier alpha value is -2.63. The fourth-order valence-electron chi connectivity index (χ4n) is 3.82. The number of rotatable bonds is 4. The maximum atomic E-state index is 12.6. The molecule has 1 N–H and O–H groups in total. The molecule has 1 amide bonds. The number of amides is 1. The molecule has 1 fully saturated rings. The van der Waals surface area contributed by atoms with E-state index in [0.717, 1.165) is 59.8 Å². The van der Waals surface area contributed by atoms with E-state index in [9.17, 15) is 4.79 Å². The van der Waals surface area contributed by atoms with E-state index in [1.807, 2.05) is 36.9 Å². The van der Waals surface area contributed by atoms with Gasteiger partial charge in [0.15, 0.2) is 0 Å². The Morgan fingerprint density at radius 2 is 2.04 bits per heavy atom. The Bertz CT molecular complexity index is 866. The lowest BCUT2D eigenvalue weighted by molar-refractivity contribution is -0.132. The van der Waals surface area contributed by atoms with Crippen molar-refractivity contribution in [1.29, 1.82) is 0 Å². The molecule has 26 heavy (non-hydrogen) atoms. The van der Waals surface area contributed by atoms with E-state index in [1.165, 1.54) is 0 Å². The highest BCUT2D eigenvalue weighted by Crippen LogP contribution is 2.28. The molecule has 0 radical (unpaired) electrons. The first kappa shape index (κ1) is 16.8. The summed E-state index contributed by atoms with van der Waals surface area (Å²) in [6, 6.07) is 8.11. The van der Waals surface area contributed by atoms with Gasteiger partial charge >= 0.3 is 0 Å². The lowest BCUT2D eigenvalue weighted by Gasteiger charge is -2.31. The topological polar surface area (TPSA) is 75.0 Å². The molecule has 0 spiro atoms. The summed E-state index contributed by atoms with van der Waals surface area (Å²) >= 11 is 0. The van der Waals surface area contributed by atoms with Crippen LogP contribution in [0.1, 0.15) is 48.0 Å². The molecule has 4 rings (SSSR count). The molecule has 2 aromatic heterocycles. The monoisotopic (exact) mass is 352 g/mol. The SMILES string of the molecule is Cc1noc(C)c1CCC(=O)N1CCC(c2nc3ccccc3[nH]2)CC1. The van der Waals surface area contributed by atoms with Crippen LogP contribution in [0.2, 0.25) is 0 Å². The number of para-hydroxylation sites is 2. The summed E-state index contributed by atoms with van der Waals surface area (Å²) in [7, 11) is 0. The average molecular weight is 352 g/mol. The van der Waals surface area contributed by atoms with Gasteiger partial charge in [0.2, 0.25) is 5.91 Å². The van der Waals surface area contributed by atoms with Gasteiger partial charge in [-0.1, -0.05) is 17.3 Å². The zero-order valence-corrected chi connectivity index (χ0v) is 15.3. The highest BCUT2D eigenvalue weighted by molar-refractivity contribution is 5.77. The summed E-state index contributed by atoms with van der Waals surface area (Å²) in [6.45, 7) is 5.41. The molecule has 0 atom stereocenters. The fraction of sp³-hybridized carbons (Fsp3) is 0.450. The molecule has 0 unspecified atom stereocenters. The van der Waals surface area contributed by atoms with Crippen LogP contribution in [0, 0.1) is 13.8 Å². The number of carbonyl (C=O) groups excluding carboxylic acids is 1. The molecule has 3 aromatic rings. The summed E-state index contributed by atoms with van der Waals surface area (Å²) in [4.78, 5) is 22.7. The normalized spacial score (nSPS) is 15.7. The minimum atomic E-state index is 0.216. The summed E-state index contributed by atoms with van der Waals surface area (Å²) < 4.78 is 5.18. The highest BCUT2D eigenvalue weighted by Gasteiger charge is 2.26. The van der Waals surface area contributed by atoms with Crippen LogP contribution in [0.5, 0.6) is 0 Å². The second kappa shape index (κ2) is 6.94. The van der Waals surface area contributed by atoms with Crippen molar-refractivity contribution in [2.45, 2.75) is 45.4 Å². The van der Waals surface area contributed by atoms with Gasteiger partial charge in [-0.3, -0.25) is 4.79 Å². The molecule has 1 aliphatic rings. The first-order valence-electron chi connectivity index (χ1n) is 9.26. The lowest BCUT2D eigenvalue weighted by Crippen LogP contribution is -2.38. The van der Waals surface area contributed by atoms with Gasteiger partial charge in [0, 0.05) is 31.0 Å². The van der Waals surface area contributed by atoms with Crippen LogP contribution in [0.15, 0.2) is 28.8 Å². The number of nitrogens with zero attached hydrogens (tertiary/aromatic N) is 3. The zero-order chi connectivity index (χ0) is 18.1. The smallest absolute Gasteiger partial charge is 0.222 e. The molecular weight excluding hydrogens is 328 g/mol. The Morgan fingerprint density at radius 3 is 2.73 bits per heavy atom. The van der Waals surface area contributed by atoms with Gasteiger partial charge < -0.3 is 14.4 Å². The van der Waals surface area contributed by atoms with Crippen LogP contribution in [0.4, 0.5) is 0 Å². The molecule has 0 saturated carbocycles. The Morgan fingerprint density at radius 1 is 1.27 bits per heavy atom. The summed E-state index contributed by atoms with van der Waals surface area (Å²) in [5, 5.41) is 3.96. The number of aryl methyl sites for hydroxylation is 2. The fourth-order valence-corrected chi connectivity index (χ4v) is 3.82. The van der Waals surface area contributed by atoms with Gasteiger partial charge in [0.05, 0.1) is 16.7 Å². The third-order valence-corrected chi connectivity index (χ3v) is 5.41. The van der Waals surface area contributed by atoms with Crippen LogP contribution in [0.25, 0.3) is 11.0 Å². The summed E-state index contributed by atoms with van der Waals surface area (Å²) in [5.41, 5.74) is 4.05. The standard InChI is InChI=1S/C20H24N4O2/c1-13-16(14(2)26-23-13)7-8-19(25)24-11-9-15(10-12-24)20-21-17-5-3-4-6-18(17)22-20/h3-6,15H,7-12H2,1-2H3,(H,21,22). The van der Waals surface area contributed by atoms with Gasteiger partial charge in [0.25, 0.3) is 0 Å². The first-order valence-corrected chi connectivity index (χ1v) is 9.26. The summed E-state index contributed by atoms with van der Waals surface area (Å²) in [5.74, 6) is 2.48. The number of carbonyl (C=O) groups is 1. The number of hydrogen-bond donors (Lipinski definition) is 1. The predicted octanol–water partition coefficient (Wildman–Crippen LogP) is 3.51. The van der Waals surface area contributed by atoms with E-state index < -0.39 is 0 Å². The molecule has 1 saturated heterocycles. The number of aromatic amines is 1. The van der Waals surface area contributed by atoms with E-state index >= 15 is 0 Å². The third kappa shape index (κ3) is 3.23. The number of H-pyrrole nitrogens is 1. The van der Waals surface area contributed by atoms with Crippen molar-refractivity contribution >= 4 is 16.9 Å². The number of likely N-dealkylation sites (tertiary alicyclic amines) is 1. The van der Waals surface area contributed by atoms with Gasteiger partial charge in [-0.05, 0) is 45.2 Å². The Labute approximate surface area is 152 Å². The molecule has 0 aliphatic carbocycles. The molecule has 6 heteroatoms. The van der Waals surface area contributed by atoms with Crippen LogP contribution >= 0.6 is 0 Å². The van der Waals surface area contributed by atoms with Crippen molar-refractivity contribution in [3.8, 4) is 0 Å². The van der Waals surface area contributed by atoms with E-state index in [2.05, 4.69) is 16.2 Å². The molecule has 6 nitrogen and oxygen atoms in total. The third-order valence-electron chi connectivity index (χ3n) is 5.41. The van der Waals surface area contributed by atoms with Crippen molar-refractivity contribution in [3.05, 3.63) is 47.1 Å². The molecule has 0 bridgehead atoms. The van der Waals surface area contributed by atoms with Gasteiger partial charge in [-0.15, -0.1) is 0 Å². The highest BCUT2D eigenvalue weighted by atomic mass is 16.5. The van der Waals surface area contributed by atoms with Crippen LogP contribution in [-0.4, -0.2) is 39.0 Å². The van der Waals surface area contributed by atoms with E-state index in [0.29, 0.717) is 18.8 Å². The molecule has 136 valence electrons. The van der Waals surface area contributed by atoms with Crippen molar-refractivity contribution < 1.29 is 9.32 Å². The Kier molecular flexibility index (Phi) is 4.49. The second-order valence-corrected chi connectivity index (χ2v) is 7.10. The quantitative estimate of drug-likeness (QED) is 0.780. The number of hydrogen-bond acceptors (Lipinski definition) is 4.